The van der Waals surface area contributed by atoms with Gasteiger partial charge in [-0.2, -0.15) is 0 Å². The smallest absolute Gasteiger partial charge is 0.174 e. The van der Waals surface area contributed by atoms with Gasteiger partial charge in [-0.3, -0.25) is 0 Å². The van der Waals surface area contributed by atoms with Crippen LogP contribution in [0.15, 0.2) is 57.4 Å². The second kappa shape index (κ2) is 6.29. The Balaban J connectivity index is 2.46. The molecule has 0 radical (unpaired) electrons. The first-order valence-corrected chi connectivity index (χ1v) is 6.56. The van der Waals surface area contributed by atoms with E-state index in [0.717, 1.165) is 4.90 Å². The molecule has 0 aliphatic carbocycles. The maximum absolute atomic E-state index is 13.9. The second-order valence-corrected chi connectivity index (χ2v) is 4.93. The van der Waals surface area contributed by atoms with Crippen LogP contribution in [0.3, 0.4) is 0 Å². The van der Waals surface area contributed by atoms with E-state index >= 15 is 0 Å². The third kappa shape index (κ3) is 2.85. The number of oxime groups is 1. The van der Waals surface area contributed by atoms with E-state index in [0.29, 0.717) is 10.6 Å². The molecule has 0 spiro atoms. The van der Waals surface area contributed by atoms with Crippen LogP contribution in [0.2, 0.25) is 0 Å². The summed E-state index contributed by atoms with van der Waals surface area (Å²) in [6.45, 7) is 0. The summed E-state index contributed by atoms with van der Waals surface area (Å²) < 4.78 is 19.1. The topological polar surface area (TPSA) is 67.8 Å². The van der Waals surface area contributed by atoms with E-state index in [1.165, 1.54) is 17.8 Å². The standard InChI is InChI=1S/C14H13FN2O2S/c1-19-10-6-2-3-7-11(10)20-12-8-4-5-9(15)13(12)14(16)17-18/h2-8,18H,1H3,(H2,16,17). The molecule has 0 saturated heterocycles. The molecule has 104 valence electrons. The SMILES string of the molecule is COc1ccccc1Sc1cccc(F)c1C(N)=NO. The molecule has 0 fully saturated rings. The van der Waals surface area contributed by atoms with E-state index < -0.39 is 5.82 Å². The van der Waals surface area contributed by atoms with Crippen LogP contribution in [-0.4, -0.2) is 18.2 Å². The molecule has 3 N–H and O–H groups in total. The van der Waals surface area contributed by atoms with Gasteiger partial charge in [-0.25, -0.2) is 4.39 Å². The number of benzene rings is 2. The van der Waals surface area contributed by atoms with Gasteiger partial charge in [-0.15, -0.1) is 0 Å². The van der Waals surface area contributed by atoms with Crippen LogP contribution in [0.1, 0.15) is 5.56 Å². The van der Waals surface area contributed by atoms with Gasteiger partial charge in [-0.1, -0.05) is 35.1 Å². The summed E-state index contributed by atoms with van der Waals surface area (Å²) >= 11 is 1.29. The normalized spacial score (nSPS) is 11.4. The van der Waals surface area contributed by atoms with E-state index in [4.69, 9.17) is 15.7 Å². The zero-order valence-corrected chi connectivity index (χ0v) is 11.5. The highest BCUT2D eigenvalue weighted by Gasteiger charge is 2.15. The first kappa shape index (κ1) is 14.2. The van der Waals surface area contributed by atoms with Crippen LogP contribution in [0.25, 0.3) is 0 Å². The highest BCUT2D eigenvalue weighted by molar-refractivity contribution is 7.99. The number of nitrogens with two attached hydrogens (primary N) is 1. The highest BCUT2D eigenvalue weighted by atomic mass is 32.2. The van der Waals surface area contributed by atoms with Crippen molar-refractivity contribution in [2.24, 2.45) is 10.9 Å². The van der Waals surface area contributed by atoms with E-state index in [1.807, 2.05) is 24.3 Å². The Kier molecular flexibility index (Phi) is 4.47. The summed E-state index contributed by atoms with van der Waals surface area (Å²) in [5, 5.41) is 11.6. The lowest BCUT2D eigenvalue weighted by Crippen LogP contribution is -2.16. The Morgan fingerprint density at radius 3 is 2.60 bits per heavy atom. The van der Waals surface area contributed by atoms with Crippen LogP contribution in [0.4, 0.5) is 4.39 Å². The molecule has 6 heteroatoms. The third-order valence-electron chi connectivity index (χ3n) is 2.63. The fraction of sp³-hybridized carbons (Fsp3) is 0.0714. The molecule has 0 amide bonds. The zero-order chi connectivity index (χ0) is 14.5. The van der Waals surface area contributed by atoms with Crippen LogP contribution in [-0.2, 0) is 0 Å². The van der Waals surface area contributed by atoms with Gasteiger partial charge in [0.05, 0.1) is 17.6 Å². The van der Waals surface area contributed by atoms with Crippen molar-refractivity contribution < 1.29 is 14.3 Å². The van der Waals surface area contributed by atoms with Gasteiger partial charge in [0, 0.05) is 4.90 Å². The molecule has 2 aromatic rings. The number of methoxy groups -OCH3 is 1. The first-order chi connectivity index (χ1) is 9.67. The second-order valence-electron chi connectivity index (χ2n) is 3.85. The summed E-state index contributed by atoms with van der Waals surface area (Å²) in [5.74, 6) is -0.132. The number of amidine groups is 1. The lowest BCUT2D eigenvalue weighted by Gasteiger charge is -2.11. The molecule has 0 atom stereocenters. The quantitative estimate of drug-likeness (QED) is 0.393. The van der Waals surface area contributed by atoms with E-state index in [9.17, 15) is 4.39 Å². The molecule has 0 aromatic heterocycles. The molecule has 2 rings (SSSR count). The highest BCUT2D eigenvalue weighted by Crippen LogP contribution is 2.36. The number of rotatable bonds is 4. The third-order valence-corrected chi connectivity index (χ3v) is 3.75. The maximum Gasteiger partial charge on any atom is 0.174 e. The molecule has 2 aromatic carbocycles. The summed E-state index contributed by atoms with van der Waals surface area (Å²) in [6.07, 6.45) is 0. The van der Waals surface area contributed by atoms with Crippen molar-refractivity contribution >= 4 is 17.6 Å². The fourth-order valence-corrected chi connectivity index (χ4v) is 2.80. The predicted molar refractivity (Wildman–Crippen MR) is 76.0 cm³/mol. The van der Waals surface area contributed by atoms with Crippen molar-refractivity contribution in [2.75, 3.05) is 7.11 Å². The van der Waals surface area contributed by atoms with E-state index in [-0.39, 0.29) is 11.4 Å². The molecule has 0 unspecified atom stereocenters. The Morgan fingerprint density at radius 2 is 1.90 bits per heavy atom. The lowest BCUT2D eigenvalue weighted by molar-refractivity contribution is 0.318. The van der Waals surface area contributed by atoms with Crippen molar-refractivity contribution in [2.45, 2.75) is 9.79 Å². The van der Waals surface area contributed by atoms with E-state index in [1.54, 1.807) is 19.2 Å². The number of ether oxygens (including phenoxy) is 1. The first-order valence-electron chi connectivity index (χ1n) is 5.74. The molecule has 0 aliphatic rings. The van der Waals surface area contributed by atoms with Gasteiger partial charge in [0.2, 0.25) is 0 Å². The summed E-state index contributed by atoms with van der Waals surface area (Å²) in [7, 11) is 1.56. The Labute approximate surface area is 120 Å². The van der Waals surface area contributed by atoms with Crippen LogP contribution in [0, 0.1) is 5.82 Å². The minimum absolute atomic E-state index is 0.0749. The molecule has 0 saturated carbocycles. The Hall–Kier alpha value is -2.21. The molecular formula is C14H13FN2O2S. The minimum atomic E-state index is -0.541. The van der Waals surface area contributed by atoms with Gasteiger partial charge in [0.25, 0.3) is 0 Å². The van der Waals surface area contributed by atoms with E-state index in [2.05, 4.69) is 5.16 Å². The fourth-order valence-electron chi connectivity index (χ4n) is 1.71. The van der Waals surface area contributed by atoms with Crippen molar-refractivity contribution in [3.63, 3.8) is 0 Å². The molecule has 4 nitrogen and oxygen atoms in total. The minimum Gasteiger partial charge on any atom is -0.496 e. The largest absolute Gasteiger partial charge is 0.496 e. The number of halogens is 1. The van der Waals surface area contributed by atoms with Crippen molar-refractivity contribution in [1.29, 1.82) is 0 Å². The molecule has 0 bridgehead atoms. The predicted octanol–water partition coefficient (Wildman–Crippen LogP) is 3.08. The Morgan fingerprint density at radius 1 is 1.20 bits per heavy atom. The average Bonchev–Trinajstić information content (AvgIpc) is 2.47. The molecular weight excluding hydrogens is 279 g/mol. The molecule has 20 heavy (non-hydrogen) atoms. The van der Waals surface area contributed by atoms with Crippen LogP contribution in [0.5, 0.6) is 5.75 Å². The summed E-state index contributed by atoms with van der Waals surface area (Å²) in [4.78, 5) is 1.36. The number of hydrogen-bond donors (Lipinski definition) is 2. The van der Waals surface area contributed by atoms with Crippen LogP contribution >= 0.6 is 11.8 Å². The lowest BCUT2D eigenvalue weighted by atomic mass is 10.2. The van der Waals surface area contributed by atoms with Gasteiger partial charge in [-0.05, 0) is 24.3 Å². The number of hydrogen-bond acceptors (Lipinski definition) is 4. The monoisotopic (exact) mass is 292 g/mol. The molecule has 0 aliphatic heterocycles. The van der Waals surface area contributed by atoms with Crippen molar-refractivity contribution in [3.8, 4) is 5.75 Å². The number of nitrogens with zero attached hydrogens (tertiary/aromatic N) is 1. The number of para-hydroxylation sites is 1. The summed E-state index contributed by atoms with van der Waals surface area (Å²) in [5.41, 5.74) is 5.61. The zero-order valence-electron chi connectivity index (χ0n) is 10.7. The average molecular weight is 292 g/mol. The molecule has 0 heterocycles. The van der Waals surface area contributed by atoms with Gasteiger partial charge in [0.1, 0.15) is 11.6 Å². The van der Waals surface area contributed by atoms with Gasteiger partial charge >= 0.3 is 0 Å². The van der Waals surface area contributed by atoms with Crippen LogP contribution < -0.4 is 10.5 Å². The summed E-state index contributed by atoms with van der Waals surface area (Å²) in [6, 6.07) is 11.9. The Bertz CT molecular complexity index is 647. The van der Waals surface area contributed by atoms with Gasteiger partial charge < -0.3 is 15.7 Å². The van der Waals surface area contributed by atoms with Crippen molar-refractivity contribution in [1.82, 2.24) is 0 Å². The van der Waals surface area contributed by atoms with Crippen molar-refractivity contribution in [3.05, 3.63) is 53.8 Å². The maximum atomic E-state index is 13.9. The van der Waals surface area contributed by atoms with Gasteiger partial charge in [0.15, 0.2) is 5.84 Å².